The Bertz CT molecular complexity index is 2130. The lowest BCUT2D eigenvalue weighted by Gasteiger charge is -2.36. The van der Waals surface area contributed by atoms with E-state index >= 15 is 0 Å². The Morgan fingerprint density at radius 2 is 1.71 bits per heavy atom. The molecule has 5 aromatic rings. The first-order valence-corrected chi connectivity index (χ1v) is 17.1. The summed E-state index contributed by atoms with van der Waals surface area (Å²) < 4.78 is 48.0. The molecule has 11 nitrogen and oxygen atoms in total. The smallest absolute Gasteiger partial charge is 0.360 e. The molecule has 4 atom stereocenters. The zero-order chi connectivity index (χ0) is 36.4. The molecule has 2 saturated heterocycles. The fraction of sp³-hybridized carbons (Fsp3) is 0.317. The molecule has 3 heterocycles. The molecule has 4 aromatic carbocycles. The number of nitrogens with one attached hydrogen (secondary N) is 1. The molecular weight excluding hydrogens is 666 g/mol. The van der Waals surface area contributed by atoms with Crippen LogP contribution in [0, 0.1) is 6.92 Å². The summed E-state index contributed by atoms with van der Waals surface area (Å²) in [6.07, 6.45) is -1.27. The second-order valence-corrected chi connectivity index (χ2v) is 13.3. The Morgan fingerprint density at radius 1 is 0.904 bits per heavy atom. The van der Waals surface area contributed by atoms with Crippen molar-refractivity contribution in [2.45, 2.75) is 64.2 Å². The van der Waals surface area contributed by atoms with Crippen LogP contribution in [-0.4, -0.2) is 57.1 Å². The van der Waals surface area contributed by atoms with Crippen LogP contribution in [-0.2, 0) is 25.6 Å². The SMILES string of the molecule is COc1cccc(-c2cc(C(=O)Nc3cc4ccc(O[C@H]5O[C@H](COCc6ccccc6)C[C@H]6OC(C)(C)O[C@@H]56)c(C)c4oc3=O)ccc2OC)c1. The number of aryl methyl sites for hydroxylation is 1. The van der Waals surface area contributed by atoms with E-state index in [1.54, 1.807) is 57.5 Å². The molecule has 11 heteroatoms. The highest BCUT2D eigenvalue weighted by molar-refractivity contribution is 6.05. The monoisotopic (exact) mass is 707 g/mol. The Hall–Kier alpha value is -5.20. The van der Waals surface area contributed by atoms with Gasteiger partial charge in [-0.1, -0.05) is 42.5 Å². The third-order valence-corrected chi connectivity index (χ3v) is 9.16. The van der Waals surface area contributed by atoms with Gasteiger partial charge in [-0.2, -0.15) is 0 Å². The highest BCUT2D eigenvalue weighted by atomic mass is 16.8. The third kappa shape index (κ3) is 7.54. The van der Waals surface area contributed by atoms with Gasteiger partial charge in [0.1, 0.15) is 34.6 Å². The van der Waals surface area contributed by atoms with E-state index in [4.69, 9.17) is 37.6 Å². The van der Waals surface area contributed by atoms with Gasteiger partial charge < -0.3 is 42.9 Å². The molecule has 52 heavy (non-hydrogen) atoms. The van der Waals surface area contributed by atoms with Crippen LogP contribution in [0.4, 0.5) is 5.69 Å². The van der Waals surface area contributed by atoms with Crippen LogP contribution in [0.2, 0.25) is 0 Å². The van der Waals surface area contributed by atoms with Crippen molar-refractivity contribution in [2.24, 2.45) is 0 Å². The highest BCUT2D eigenvalue weighted by Crippen LogP contribution is 2.39. The summed E-state index contributed by atoms with van der Waals surface area (Å²) in [4.78, 5) is 26.7. The van der Waals surface area contributed by atoms with Gasteiger partial charge in [-0.25, -0.2) is 4.79 Å². The van der Waals surface area contributed by atoms with E-state index in [1.807, 2.05) is 68.4 Å². The van der Waals surface area contributed by atoms with Gasteiger partial charge in [0.25, 0.3) is 5.91 Å². The van der Waals surface area contributed by atoms with E-state index in [-0.39, 0.29) is 17.9 Å². The number of carbonyl (C=O) groups is 1. The minimum Gasteiger partial charge on any atom is -0.497 e. The summed E-state index contributed by atoms with van der Waals surface area (Å²) in [6, 6.07) is 27.6. The fourth-order valence-electron chi connectivity index (χ4n) is 6.65. The van der Waals surface area contributed by atoms with Gasteiger partial charge in [-0.3, -0.25) is 4.79 Å². The second-order valence-electron chi connectivity index (χ2n) is 13.3. The number of benzene rings is 4. The van der Waals surface area contributed by atoms with Gasteiger partial charge in [0.15, 0.2) is 5.79 Å². The number of rotatable bonds is 11. The first-order chi connectivity index (χ1) is 25.1. The molecule has 2 aliphatic rings. The van der Waals surface area contributed by atoms with E-state index in [2.05, 4.69) is 5.32 Å². The molecule has 1 aromatic heterocycles. The largest absolute Gasteiger partial charge is 0.497 e. The minimum absolute atomic E-state index is 0.000136. The number of fused-ring (bicyclic) bond motifs is 2. The van der Waals surface area contributed by atoms with E-state index in [1.165, 1.54) is 0 Å². The van der Waals surface area contributed by atoms with Gasteiger partial charge in [0.2, 0.25) is 6.29 Å². The predicted molar refractivity (Wildman–Crippen MR) is 194 cm³/mol. The van der Waals surface area contributed by atoms with Crippen LogP contribution in [0.1, 0.15) is 41.8 Å². The average Bonchev–Trinajstić information content (AvgIpc) is 3.47. The standard InChI is InChI=1S/C41H41NO10/c1-24-33(49-40-37-35(51-41(2,3)52-37)21-30(48-40)23-47-22-25-10-7-6-8-11-25)16-14-27-20-32(39(44)50-36(24)27)42-38(43)28-15-17-34(46-5)31(19-28)26-12-9-13-29(18-26)45-4/h6-20,30,35,37,40H,21-23H2,1-5H3,(H,42,43)/t30-,35+,37+,40+/m0/s1. The van der Waals surface area contributed by atoms with Gasteiger partial charge in [-0.05, 0) is 80.4 Å². The lowest BCUT2D eigenvalue weighted by molar-refractivity contribution is -0.225. The van der Waals surface area contributed by atoms with Crippen molar-refractivity contribution >= 4 is 22.6 Å². The number of carbonyl (C=O) groups excluding carboxylic acids is 1. The van der Waals surface area contributed by atoms with E-state index in [0.29, 0.717) is 64.5 Å². The maximum atomic E-state index is 13.4. The van der Waals surface area contributed by atoms with Crippen molar-refractivity contribution in [1.82, 2.24) is 0 Å². The molecule has 1 amide bonds. The summed E-state index contributed by atoms with van der Waals surface area (Å²) in [7, 11) is 3.15. The maximum absolute atomic E-state index is 13.4. The van der Waals surface area contributed by atoms with E-state index in [0.717, 1.165) is 11.1 Å². The summed E-state index contributed by atoms with van der Waals surface area (Å²) in [6.45, 7) is 6.33. The molecule has 0 aliphatic carbocycles. The Kier molecular flexibility index (Phi) is 10.0. The average molecular weight is 708 g/mol. The number of methoxy groups -OCH3 is 2. The van der Waals surface area contributed by atoms with Gasteiger partial charge in [-0.15, -0.1) is 0 Å². The van der Waals surface area contributed by atoms with Crippen molar-refractivity contribution in [3.05, 3.63) is 118 Å². The number of hydrogen-bond acceptors (Lipinski definition) is 10. The van der Waals surface area contributed by atoms with Crippen molar-refractivity contribution in [2.75, 3.05) is 26.1 Å². The van der Waals surface area contributed by atoms with Crippen molar-refractivity contribution < 1.29 is 42.4 Å². The molecule has 270 valence electrons. The van der Waals surface area contributed by atoms with E-state index < -0.39 is 29.7 Å². The number of amides is 1. The molecule has 2 aliphatic heterocycles. The van der Waals surface area contributed by atoms with Crippen molar-refractivity contribution in [3.63, 3.8) is 0 Å². The van der Waals surface area contributed by atoms with Crippen LogP contribution < -0.4 is 25.2 Å². The lowest BCUT2D eigenvalue weighted by Crippen LogP contribution is -2.50. The lowest BCUT2D eigenvalue weighted by atomic mass is 10.0. The van der Waals surface area contributed by atoms with Crippen LogP contribution in [0.5, 0.6) is 17.2 Å². The number of anilines is 1. The molecule has 0 radical (unpaired) electrons. The Labute approximate surface area is 301 Å². The summed E-state index contributed by atoms with van der Waals surface area (Å²) in [5.41, 5.74) is 3.10. The van der Waals surface area contributed by atoms with Crippen LogP contribution in [0.25, 0.3) is 22.1 Å². The molecule has 0 spiro atoms. The first kappa shape index (κ1) is 35.2. The number of hydrogen-bond donors (Lipinski definition) is 1. The third-order valence-electron chi connectivity index (χ3n) is 9.16. The minimum atomic E-state index is -0.811. The summed E-state index contributed by atoms with van der Waals surface area (Å²) in [5.74, 6) is 0.414. The molecule has 7 rings (SSSR count). The quantitative estimate of drug-likeness (QED) is 0.140. The van der Waals surface area contributed by atoms with Gasteiger partial charge in [0.05, 0.1) is 39.6 Å². The zero-order valence-electron chi connectivity index (χ0n) is 29.7. The Morgan fingerprint density at radius 3 is 2.50 bits per heavy atom. The van der Waals surface area contributed by atoms with Crippen molar-refractivity contribution in [3.8, 4) is 28.4 Å². The molecule has 0 saturated carbocycles. The molecular formula is C41H41NO10. The topological polar surface area (TPSA) is 124 Å². The van der Waals surface area contributed by atoms with Crippen molar-refractivity contribution in [1.29, 1.82) is 0 Å². The second kappa shape index (κ2) is 14.8. The normalized spacial score (nSPS) is 20.6. The summed E-state index contributed by atoms with van der Waals surface area (Å²) >= 11 is 0. The first-order valence-electron chi connectivity index (χ1n) is 17.1. The summed E-state index contributed by atoms with van der Waals surface area (Å²) in [5, 5.41) is 3.32. The van der Waals surface area contributed by atoms with Crippen LogP contribution >= 0.6 is 0 Å². The molecule has 1 N–H and O–H groups in total. The Balaban J connectivity index is 1.09. The van der Waals surface area contributed by atoms with E-state index in [9.17, 15) is 9.59 Å². The van der Waals surface area contributed by atoms with Crippen LogP contribution in [0.3, 0.4) is 0 Å². The molecule has 0 bridgehead atoms. The van der Waals surface area contributed by atoms with Crippen LogP contribution in [0.15, 0.2) is 100 Å². The number of ether oxygens (including phenoxy) is 7. The molecule has 0 unspecified atom stereocenters. The predicted octanol–water partition coefficient (Wildman–Crippen LogP) is 7.27. The highest BCUT2D eigenvalue weighted by Gasteiger charge is 2.51. The maximum Gasteiger partial charge on any atom is 0.360 e. The fourth-order valence-corrected chi connectivity index (χ4v) is 6.65. The van der Waals surface area contributed by atoms with Gasteiger partial charge in [0, 0.05) is 28.5 Å². The molecule has 2 fully saturated rings. The zero-order valence-corrected chi connectivity index (χ0v) is 29.7. The van der Waals surface area contributed by atoms with Gasteiger partial charge >= 0.3 is 5.63 Å².